The second-order valence-electron chi connectivity index (χ2n) is 7.23. The molecule has 0 aliphatic rings. The van der Waals surface area contributed by atoms with E-state index in [9.17, 15) is 9.59 Å². The maximum Gasteiger partial charge on any atom is 2.00 e. The second kappa shape index (κ2) is 13.1. The van der Waals surface area contributed by atoms with Gasteiger partial charge in [-0.3, -0.25) is 14.2 Å². The number of ether oxygens (including phenoxy) is 2. The van der Waals surface area contributed by atoms with Gasteiger partial charge in [-0.1, -0.05) is 49.4 Å². The van der Waals surface area contributed by atoms with Crippen molar-refractivity contribution in [2.24, 2.45) is 0 Å². The molecule has 1 heterocycles. The van der Waals surface area contributed by atoms with E-state index in [2.05, 4.69) is 4.98 Å². The first kappa shape index (κ1) is 26.6. The van der Waals surface area contributed by atoms with Crippen molar-refractivity contribution >= 4 is 29.0 Å². The molecule has 0 saturated carbocycles. The number of aliphatic carboxylic acids is 1. The van der Waals surface area contributed by atoms with Crippen LogP contribution in [-0.2, 0) is 22.5 Å². The zero-order valence-corrected chi connectivity index (χ0v) is 20.5. The summed E-state index contributed by atoms with van der Waals surface area (Å²) in [4.78, 5) is 28.4. The normalized spacial score (nSPS) is 11.5. The number of carboxylic acid groups (broad SMARTS) is 1. The molecule has 1 atom stereocenters. The van der Waals surface area contributed by atoms with Crippen LogP contribution < -0.4 is 10.3 Å². The largest absolute Gasteiger partial charge is 2.00 e. The number of aryl methyl sites for hydroxylation is 1. The molecule has 8 heteroatoms. The van der Waals surface area contributed by atoms with Gasteiger partial charge in [-0.25, -0.2) is 4.98 Å². The first-order chi connectivity index (χ1) is 15.5. The van der Waals surface area contributed by atoms with Crippen LogP contribution in [-0.4, -0.2) is 56.9 Å². The molecule has 3 rings (SSSR count). The summed E-state index contributed by atoms with van der Waals surface area (Å²) in [5, 5.41) is 9.06. The van der Waals surface area contributed by atoms with Crippen LogP contribution in [0.5, 0.6) is 5.75 Å². The standard InChI is InChI=1S/C25H28N2O5.Mg.2H/c1-3-23-26-21(18-8-6-5-7-9-18)16-24(28)27(23)14-15-32-20-12-10-19(11-13-20)22(31-4-2)17-25(29)30;;;/h5-13,16,22H,3-4,14-15,17H2,1-2H3,(H,29,30);;;/q;+2;2*-1. The zero-order valence-electron chi connectivity index (χ0n) is 21.1. The summed E-state index contributed by atoms with van der Waals surface area (Å²) < 4.78 is 13.0. The molecule has 0 fully saturated rings. The van der Waals surface area contributed by atoms with Gasteiger partial charge in [0.1, 0.15) is 18.2 Å². The molecule has 0 saturated heterocycles. The molecule has 0 aliphatic heterocycles. The van der Waals surface area contributed by atoms with E-state index in [1.54, 1.807) is 34.9 Å². The average molecular weight is 463 g/mol. The Balaban J connectivity index is 0.00000385. The van der Waals surface area contributed by atoms with Gasteiger partial charge in [-0.05, 0) is 24.6 Å². The van der Waals surface area contributed by atoms with Crippen molar-refractivity contribution < 1.29 is 22.2 Å². The summed E-state index contributed by atoms with van der Waals surface area (Å²) in [5.41, 5.74) is 2.26. The van der Waals surface area contributed by atoms with E-state index in [1.807, 2.05) is 44.2 Å². The minimum Gasteiger partial charge on any atom is -1.00 e. The Morgan fingerprint density at radius 3 is 2.42 bits per heavy atom. The average Bonchev–Trinajstić information content (AvgIpc) is 2.80. The summed E-state index contributed by atoms with van der Waals surface area (Å²) in [6, 6.07) is 18.4. The smallest absolute Gasteiger partial charge is 1.00 e. The van der Waals surface area contributed by atoms with Crippen molar-refractivity contribution in [1.29, 1.82) is 0 Å². The number of benzene rings is 2. The number of rotatable bonds is 11. The van der Waals surface area contributed by atoms with E-state index < -0.39 is 12.1 Å². The van der Waals surface area contributed by atoms with Crippen molar-refractivity contribution in [3.8, 4) is 17.0 Å². The molecule has 1 N–H and O–H groups in total. The molecule has 33 heavy (non-hydrogen) atoms. The second-order valence-corrected chi connectivity index (χ2v) is 7.23. The van der Waals surface area contributed by atoms with Gasteiger partial charge in [0.25, 0.3) is 5.56 Å². The minimum absolute atomic E-state index is 0. The molecule has 1 unspecified atom stereocenters. The Morgan fingerprint density at radius 1 is 1.12 bits per heavy atom. The molecule has 2 aromatic carbocycles. The van der Waals surface area contributed by atoms with Crippen molar-refractivity contribution in [2.75, 3.05) is 13.2 Å². The van der Waals surface area contributed by atoms with Gasteiger partial charge in [0.2, 0.25) is 0 Å². The molecule has 0 amide bonds. The van der Waals surface area contributed by atoms with Gasteiger partial charge in [-0.2, -0.15) is 0 Å². The Morgan fingerprint density at radius 2 is 1.82 bits per heavy atom. The fourth-order valence-corrected chi connectivity index (χ4v) is 3.49. The van der Waals surface area contributed by atoms with Crippen LogP contribution in [0, 0.1) is 0 Å². The van der Waals surface area contributed by atoms with Crippen LogP contribution in [0.1, 0.15) is 40.6 Å². The summed E-state index contributed by atoms with van der Waals surface area (Å²) in [7, 11) is 0. The van der Waals surface area contributed by atoms with E-state index in [0.717, 1.165) is 11.1 Å². The summed E-state index contributed by atoms with van der Waals surface area (Å²) in [6.45, 7) is 4.93. The molecule has 172 valence electrons. The first-order valence-corrected chi connectivity index (χ1v) is 10.7. The maximum atomic E-state index is 12.7. The van der Waals surface area contributed by atoms with Crippen molar-refractivity contribution in [2.45, 2.75) is 39.3 Å². The van der Waals surface area contributed by atoms with Gasteiger partial charge >= 0.3 is 29.0 Å². The number of aromatic nitrogens is 2. The molecule has 3 aromatic rings. The molecule has 0 radical (unpaired) electrons. The van der Waals surface area contributed by atoms with Crippen molar-refractivity contribution in [1.82, 2.24) is 9.55 Å². The van der Waals surface area contributed by atoms with Gasteiger partial charge in [0.05, 0.1) is 24.8 Å². The van der Waals surface area contributed by atoms with E-state index in [4.69, 9.17) is 14.6 Å². The van der Waals surface area contributed by atoms with Gasteiger partial charge in [-0.15, -0.1) is 0 Å². The van der Waals surface area contributed by atoms with E-state index in [-0.39, 0.29) is 37.9 Å². The Hall–Kier alpha value is -2.68. The molecule has 1 aromatic heterocycles. The number of hydrogen-bond donors (Lipinski definition) is 1. The molecule has 0 spiro atoms. The number of carbonyl (C=O) groups is 1. The molecule has 7 nitrogen and oxygen atoms in total. The predicted molar refractivity (Wildman–Crippen MR) is 130 cm³/mol. The third-order valence-electron chi connectivity index (χ3n) is 5.04. The van der Waals surface area contributed by atoms with Crippen LogP contribution in [0.15, 0.2) is 65.5 Å². The SMILES string of the molecule is CCOC(CC(=O)O)c1ccc(OCCn2c(CC)nc(-c3ccccc3)cc2=O)cc1.[H-].[H-].[Mg+2]. The molecule has 0 aliphatic carbocycles. The Labute approximate surface area is 212 Å². The Bertz CT molecular complexity index is 1100. The maximum absolute atomic E-state index is 12.7. The number of hydrogen-bond acceptors (Lipinski definition) is 5. The molecule has 0 bridgehead atoms. The predicted octanol–water partition coefficient (Wildman–Crippen LogP) is 3.95. The van der Waals surface area contributed by atoms with Crippen LogP contribution in [0.2, 0.25) is 0 Å². The summed E-state index contributed by atoms with van der Waals surface area (Å²) in [6.07, 6.45) is 0.0434. The van der Waals surface area contributed by atoms with Crippen LogP contribution in [0.25, 0.3) is 11.3 Å². The summed E-state index contributed by atoms with van der Waals surface area (Å²) >= 11 is 0. The van der Waals surface area contributed by atoms with Crippen LogP contribution in [0.3, 0.4) is 0 Å². The van der Waals surface area contributed by atoms with Crippen LogP contribution in [0.4, 0.5) is 0 Å². The molecular formula is C25H30MgN2O5. The number of carboxylic acids is 1. The number of nitrogens with zero attached hydrogens (tertiary/aromatic N) is 2. The third kappa shape index (κ3) is 7.41. The van der Waals surface area contributed by atoms with E-state index in [0.29, 0.717) is 43.4 Å². The monoisotopic (exact) mass is 462 g/mol. The van der Waals surface area contributed by atoms with E-state index in [1.165, 1.54) is 0 Å². The quantitative estimate of drug-likeness (QED) is 0.434. The topological polar surface area (TPSA) is 90.7 Å². The van der Waals surface area contributed by atoms with Crippen molar-refractivity contribution in [3.05, 3.63) is 82.4 Å². The first-order valence-electron chi connectivity index (χ1n) is 10.7. The van der Waals surface area contributed by atoms with Crippen molar-refractivity contribution in [3.63, 3.8) is 0 Å². The molecular weight excluding hydrogens is 433 g/mol. The Kier molecular flexibility index (Phi) is 10.6. The van der Waals surface area contributed by atoms with Gasteiger partial charge in [0.15, 0.2) is 0 Å². The zero-order chi connectivity index (χ0) is 22.9. The van der Waals surface area contributed by atoms with E-state index >= 15 is 0 Å². The minimum atomic E-state index is -0.909. The van der Waals surface area contributed by atoms with Gasteiger partial charge in [0, 0.05) is 24.7 Å². The fourth-order valence-electron chi connectivity index (χ4n) is 3.49. The van der Waals surface area contributed by atoms with Gasteiger partial charge < -0.3 is 17.4 Å². The van der Waals surface area contributed by atoms with Crippen LogP contribution >= 0.6 is 0 Å². The summed E-state index contributed by atoms with van der Waals surface area (Å²) in [5.74, 6) is 0.440. The third-order valence-corrected chi connectivity index (χ3v) is 5.04. The fraction of sp³-hybridized carbons (Fsp3) is 0.320.